The van der Waals surface area contributed by atoms with Crippen molar-refractivity contribution in [3.8, 4) is 5.75 Å². The highest BCUT2D eigenvalue weighted by Gasteiger charge is 2.08. The molecule has 3 rings (SSSR count). The second-order valence-electron chi connectivity index (χ2n) is 5.22. The van der Waals surface area contributed by atoms with Crippen LogP contribution in [0.3, 0.4) is 0 Å². The van der Waals surface area contributed by atoms with Gasteiger partial charge in [-0.05, 0) is 24.1 Å². The first-order valence-corrected chi connectivity index (χ1v) is 8.44. The minimum atomic E-state index is -0.122. The Morgan fingerprint density at radius 1 is 1.30 bits per heavy atom. The summed E-state index contributed by atoms with van der Waals surface area (Å²) >= 11 is 1.47. The maximum Gasteiger partial charge on any atom is 0.251 e. The largest absolute Gasteiger partial charge is 0.506 e. The van der Waals surface area contributed by atoms with E-state index in [9.17, 15) is 9.90 Å². The average Bonchev–Trinajstić information content (AvgIpc) is 2.54. The Bertz CT molecular complexity index is 892. The molecule has 0 aliphatic heterocycles. The Labute approximate surface area is 137 Å². The van der Waals surface area contributed by atoms with Crippen molar-refractivity contribution >= 4 is 22.7 Å². The van der Waals surface area contributed by atoms with Crippen molar-refractivity contribution in [2.45, 2.75) is 30.7 Å². The summed E-state index contributed by atoms with van der Waals surface area (Å²) in [5, 5.41) is 11.4. The van der Waals surface area contributed by atoms with E-state index in [1.165, 1.54) is 11.8 Å². The molecule has 0 aliphatic carbocycles. The number of nitrogens with zero attached hydrogens (tertiary/aromatic N) is 2. The zero-order valence-electron chi connectivity index (χ0n) is 12.7. The van der Waals surface area contributed by atoms with Gasteiger partial charge in [0.25, 0.3) is 5.56 Å². The Balaban J connectivity index is 1.87. The molecule has 0 fully saturated rings. The number of fused-ring (bicyclic) bond motifs is 1. The first-order valence-electron chi connectivity index (χ1n) is 7.46. The lowest BCUT2D eigenvalue weighted by molar-refractivity contribution is 0.480. The molecule has 118 valence electrons. The van der Waals surface area contributed by atoms with Crippen molar-refractivity contribution in [3.63, 3.8) is 0 Å². The second kappa shape index (κ2) is 6.83. The number of pyridine rings is 1. The number of aromatic nitrogens is 3. The summed E-state index contributed by atoms with van der Waals surface area (Å²) in [7, 11) is 0. The number of phenolic OH excluding ortho intramolecular Hbond substituents is 1. The number of hydrogen-bond donors (Lipinski definition) is 2. The van der Waals surface area contributed by atoms with Crippen LogP contribution in [0.25, 0.3) is 10.9 Å². The molecule has 2 heterocycles. The number of aromatic hydroxyl groups is 1. The molecule has 1 aromatic carbocycles. The number of H-pyrrole nitrogens is 1. The van der Waals surface area contributed by atoms with Crippen LogP contribution >= 0.6 is 11.8 Å². The molecular formula is C17H17N3O2S. The van der Waals surface area contributed by atoms with Crippen molar-refractivity contribution < 1.29 is 5.11 Å². The van der Waals surface area contributed by atoms with Gasteiger partial charge in [-0.2, -0.15) is 0 Å². The van der Waals surface area contributed by atoms with Crippen molar-refractivity contribution in [2.24, 2.45) is 0 Å². The van der Waals surface area contributed by atoms with Crippen molar-refractivity contribution in [3.05, 3.63) is 58.1 Å². The summed E-state index contributed by atoms with van der Waals surface area (Å²) < 4.78 is 0. The van der Waals surface area contributed by atoms with Gasteiger partial charge in [0.2, 0.25) is 0 Å². The minimum absolute atomic E-state index is 0.122. The molecule has 0 saturated heterocycles. The SMILES string of the molecule is CCCc1cc(=O)[nH]c(SCc2ccc(O)c3ncccc23)n1. The summed E-state index contributed by atoms with van der Waals surface area (Å²) in [6, 6.07) is 8.85. The molecular weight excluding hydrogens is 310 g/mol. The van der Waals surface area contributed by atoms with Crippen molar-refractivity contribution in [1.82, 2.24) is 15.0 Å². The number of hydrogen-bond acceptors (Lipinski definition) is 5. The number of aromatic amines is 1. The lowest BCUT2D eigenvalue weighted by Gasteiger charge is -2.07. The van der Waals surface area contributed by atoms with Crippen LogP contribution in [0, 0.1) is 0 Å². The van der Waals surface area contributed by atoms with E-state index in [2.05, 4.69) is 21.9 Å². The van der Waals surface area contributed by atoms with Crippen molar-refractivity contribution in [1.29, 1.82) is 0 Å². The van der Waals surface area contributed by atoms with Gasteiger partial charge < -0.3 is 10.1 Å². The molecule has 3 aromatic rings. The average molecular weight is 327 g/mol. The number of thioether (sulfide) groups is 1. The van der Waals surface area contributed by atoms with E-state index in [-0.39, 0.29) is 11.3 Å². The summed E-state index contributed by atoms with van der Waals surface area (Å²) in [6.07, 6.45) is 3.41. The van der Waals surface area contributed by atoms with Crippen LogP contribution in [0.2, 0.25) is 0 Å². The number of nitrogens with one attached hydrogen (secondary N) is 1. The third-order valence-electron chi connectivity index (χ3n) is 3.48. The fraction of sp³-hybridized carbons (Fsp3) is 0.235. The third kappa shape index (κ3) is 3.53. The predicted molar refractivity (Wildman–Crippen MR) is 91.8 cm³/mol. The molecule has 2 N–H and O–H groups in total. The molecule has 6 heteroatoms. The van der Waals surface area contributed by atoms with E-state index < -0.39 is 0 Å². The highest BCUT2D eigenvalue weighted by Crippen LogP contribution is 2.29. The Hall–Kier alpha value is -2.34. The van der Waals surface area contributed by atoms with E-state index in [4.69, 9.17) is 0 Å². The van der Waals surface area contributed by atoms with E-state index in [1.807, 2.05) is 18.2 Å². The summed E-state index contributed by atoms with van der Waals surface area (Å²) in [5.41, 5.74) is 2.32. The lowest BCUT2D eigenvalue weighted by atomic mass is 10.1. The number of phenols is 1. The first-order chi connectivity index (χ1) is 11.2. The summed E-state index contributed by atoms with van der Waals surface area (Å²) in [5.74, 6) is 0.812. The fourth-order valence-electron chi connectivity index (χ4n) is 2.42. The quantitative estimate of drug-likeness (QED) is 0.555. The molecule has 2 aromatic heterocycles. The predicted octanol–water partition coefficient (Wildman–Crippen LogP) is 3.27. The molecule has 0 atom stereocenters. The standard InChI is InChI=1S/C17H17N3O2S/c1-2-4-12-9-15(22)20-17(19-12)23-10-11-6-7-14(21)16-13(11)5-3-8-18-16/h3,5-9,21H,2,4,10H2,1H3,(H,19,20,22). The molecule has 5 nitrogen and oxygen atoms in total. The van der Waals surface area contributed by atoms with Gasteiger partial charge in [0, 0.05) is 29.1 Å². The van der Waals surface area contributed by atoms with Gasteiger partial charge in [0.05, 0.1) is 0 Å². The first kappa shape index (κ1) is 15.6. The monoisotopic (exact) mass is 327 g/mol. The van der Waals surface area contributed by atoms with Crippen LogP contribution in [-0.2, 0) is 12.2 Å². The van der Waals surface area contributed by atoms with Gasteiger partial charge in [-0.15, -0.1) is 0 Å². The van der Waals surface area contributed by atoms with Crippen LogP contribution in [0.15, 0.2) is 46.5 Å². The molecule has 0 spiro atoms. The van der Waals surface area contributed by atoms with E-state index >= 15 is 0 Å². The molecule has 0 saturated carbocycles. The normalized spacial score (nSPS) is 11.0. The molecule has 0 amide bonds. The van der Waals surface area contributed by atoms with Crippen LogP contribution in [0.5, 0.6) is 5.75 Å². The summed E-state index contributed by atoms with van der Waals surface area (Å²) in [6.45, 7) is 2.06. The highest BCUT2D eigenvalue weighted by atomic mass is 32.2. The Morgan fingerprint density at radius 3 is 3.00 bits per heavy atom. The van der Waals surface area contributed by atoms with Crippen LogP contribution in [-0.4, -0.2) is 20.1 Å². The topological polar surface area (TPSA) is 78.9 Å². The molecule has 0 unspecified atom stereocenters. The Kier molecular flexibility index (Phi) is 4.62. The third-order valence-corrected chi connectivity index (χ3v) is 4.40. The van der Waals surface area contributed by atoms with Crippen LogP contribution in [0.1, 0.15) is 24.6 Å². The second-order valence-corrected chi connectivity index (χ2v) is 6.19. The lowest BCUT2D eigenvalue weighted by Crippen LogP contribution is -2.10. The molecule has 23 heavy (non-hydrogen) atoms. The van der Waals surface area contributed by atoms with E-state index in [1.54, 1.807) is 18.3 Å². The van der Waals surface area contributed by atoms with Crippen LogP contribution < -0.4 is 5.56 Å². The van der Waals surface area contributed by atoms with Gasteiger partial charge >= 0.3 is 0 Å². The van der Waals surface area contributed by atoms with Gasteiger partial charge in [0.15, 0.2) is 5.16 Å². The smallest absolute Gasteiger partial charge is 0.251 e. The molecule has 0 radical (unpaired) electrons. The summed E-state index contributed by atoms with van der Waals surface area (Å²) in [4.78, 5) is 23.2. The van der Waals surface area contributed by atoms with E-state index in [0.29, 0.717) is 16.4 Å². The van der Waals surface area contributed by atoms with Gasteiger partial charge in [0.1, 0.15) is 11.3 Å². The zero-order chi connectivity index (χ0) is 16.2. The minimum Gasteiger partial charge on any atom is -0.506 e. The highest BCUT2D eigenvalue weighted by molar-refractivity contribution is 7.98. The van der Waals surface area contributed by atoms with Gasteiger partial charge in [-0.1, -0.05) is 37.2 Å². The number of benzene rings is 1. The van der Waals surface area contributed by atoms with Crippen LogP contribution in [0.4, 0.5) is 0 Å². The maximum absolute atomic E-state index is 11.7. The number of rotatable bonds is 5. The number of aryl methyl sites for hydroxylation is 1. The molecule has 0 aliphatic rings. The fourth-order valence-corrected chi connectivity index (χ4v) is 3.32. The zero-order valence-corrected chi connectivity index (χ0v) is 13.6. The van der Waals surface area contributed by atoms with Gasteiger partial charge in [-0.25, -0.2) is 4.98 Å². The van der Waals surface area contributed by atoms with Crippen molar-refractivity contribution in [2.75, 3.05) is 0 Å². The Morgan fingerprint density at radius 2 is 2.17 bits per heavy atom. The molecule has 0 bridgehead atoms. The van der Waals surface area contributed by atoms with E-state index in [0.717, 1.165) is 29.5 Å². The maximum atomic E-state index is 11.7. The van der Waals surface area contributed by atoms with Gasteiger partial charge in [-0.3, -0.25) is 9.78 Å².